The molecular weight excluding hydrogens is 353 g/mol. The zero-order chi connectivity index (χ0) is 19.7. The molecule has 0 aliphatic rings. The second kappa shape index (κ2) is 7.06. The number of carbonyl (C=O) groups is 1. The third-order valence-electron chi connectivity index (χ3n) is 4.07. The van der Waals surface area contributed by atoms with Gasteiger partial charge in [0.15, 0.2) is 0 Å². The molecule has 0 unspecified atom stereocenters. The lowest BCUT2D eigenvalue weighted by Crippen LogP contribution is -2.44. The van der Waals surface area contributed by atoms with Crippen LogP contribution in [0.1, 0.15) is 19.4 Å². The molecule has 0 aliphatic heterocycles. The van der Waals surface area contributed by atoms with Gasteiger partial charge in [0.1, 0.15) is 5.82 Å². The Morgan fingerprint density at radius 3 is 2.30 bits per heavy atom. The summed E-state index contributed by atoms with van der Waals surface area (Å²) in [5.74, 6) is -1.42. The van der Waals surface area contributed by atoms with Gasteiger partial charge in [0.05, 0.1) is 5.69 Å². The van der Waals surface area contributed by atoms with E-state index in [-0.39, 0.29) is 6.04 Å². The first-order valence-electron chi connectivity index (χ1n) is 8.31. The van der Waals surface area contributed by atoms with Crippen molar-refractivity contribution in [3.05, 3.63) is 80.9 Å². The molecule has 1 aromatic heterocycles. The molecule has 0 aliphatic carbocycles. The largest absolute Gasteiger partial charge is 0.447 e. The Hall–Kier alpha value is -3.42. The molecule has 0 atom stereocenters. The summed E-state index contributed by atoms with van der Waals surface area (Å²) in [6.45, 7) is 5.19. The fourth-order valence-corrected chi connectivity index (χ4v) is 2.79. The Bertz CT molecular complexity index is 1090. The molecule has 8 heteroatoms. The van der Waals surface area contributed by atoms with E-state index in [0.717, 1.165) is 4.57 Å². The van der Waals surface area contributed by atoms with E-state index in [1.165, 1.54) is 29.2 Å². The predicted molar refractivity (Wildman–Crippen MR) is 98.1 cm³/mol. The van der Waals surface area contributed by atoms with Gasteiger partial charge in [-0.2, -0.15) is 4.57 Å². The lowest BCUT2D eigenvalue weighted by Gasteiger charge is -2.25. The first-order chi connectivity index (χ1) is 12.8. The molecule has 0 fully saturated rings. The molecule has 0 radical (unpaired) electrons. The van der Waals surface area contributed by atoms with Crippen LogP contribution >= 0.6 is 0 Å². The lowest BCUT2D eigenvalue weighted by molar-refractivity contribution is 0.208. The van der Waals surface area contributed by atoms with Gasteiger partial charge in [-0.05, 0) is 56.7 Å². The Kier molecular flexibility index (Phi) is 4.81. The number of benzene rings is 2. The quantitative estimate of drug-likeness (QED) is 0.709. The van der Waals surface area contributed by atoms with Crippen LogP contribution in [0.5, 0.6) is 0 Å². The molecule has 3 aromatic rings. The minimum Gasteiger partial charge on any atom is -0.307 e. The van der Waals surface area contributed by atoms with Crippen LogP contribution < -0.4 is 16.3 Å². The standard InChI is InChI=1S/C19H18FN3O4/c1-12(2)21(15-10-8-14(20)9-11-15)17(24)23-18(25)22(19(26)27-23)16-7-5-4-6-13(16)3/h4-12H,1-3H3. The van der Waals surface area contributed by atoms with Crippen molar-refractivity contribution in [3.8, 4) is 5.69 Å². The number of amides is 1. The summed E-state index contributed by atoms with van der Waals surface area (Å²) in [7, 11) is 0. The number of hydrogen-bond acceptors (Lipinski definition) is 4. The van der Waals surface area contributed by atoms with Crippen molar-refractivity contribution in [3.63, 3.8) is 0 Å². The number of anilines is 1. The summed E-state index contributed by atoms with van der Waals surface area (Å²) in [6.07, 6.45) is 0. The molecule has 0 saturated heterocycles. The maximum Gasteiger partial charge on any atom is 0.447 e. The minimum atomic E-state index is -0.967. The van der Waals surface area contributed by atoms with Crippen LogP contribution in [-0.2, 0) is 0 Å². The molecule has 0 bridgehead atoms. The van der Waals surface area contributed by atoms with Crippen LogP contribution in [-0.4, -0.2) is 21.4 Å². The van der Waals surface area contributed by atoms with Gasteiger partial charge in [-0.1, -0.05) is 22.9 Å². The van der Waals surface area contributed by atoms with Gasteiger partial charge in [-0.25, -0.2) is 18.8 Å². The molecule has 1 heterocycles. The molecular formula is C19H18FN3O4. The third-order valence-corrected chi connectivity index (χ3v) is 4.07. The Balaban J connectivity index is 2.11. The summed E-state index contributed by atoms with van der Waals surface area (Å²) in [5.41, 5.74) is 0.471. The zero-order valence-corrected chi connectivity index (χ0v) is 15.0. The number of nitrogens with zero attached hydrogens (tertiary/aromatic N) is 3. The first kappa shape index (κ1) is 18.4. The van der Waals surface area contributed by atoms with Crippen LogP contribution in [0.4, 0.5) is 14.9 Å². The van der Waals surface area contributed by atoms with E-state index in [1.54, 1.807) is 45.0 Å². The third kappa shape index (κ3) is 3.33. The highest BCUT2D eigenvalue weighted by Gasteiger charge is 2.27. The van der Waals surface area contributed by atoms with Crippen molar-refractivity contribution in [2.75, 3.05) is 4.90 Å². The number of carbonyl (C=O) groups excluding carboxylic acids is 1. The molecule has 1 amide bonds. The van der Waals surface area contributed by atoms with Crippen LogP contribution in [0, 0.1) is 12.7 Å². The molecule has 3 rings (SSSR count). The van der Waals surface area contributed by atoms with Crippen molar-refractivity contribution in [2.45, 2.75) is 26.8 Å². The SMILES string of the molecule is Cc1ccccc1-n1c(=O)on(C(=O)N(c2ccc(F)cc2)C(C)C)c1=O. The smallest absolute Gasteiger partial charge is 0.307 e. The van der Waals surface area contributed by atoms with E-state index in [9.17, 15) is 18.8 Å². The van der Waals surface area contributed by atoms with Crippen molar-refractivity contribution in [1.82, 2.24) is 9.31 Å². The fourth-order valence-electron chi connectivity index (χ4n) is 2.79. The van der Waals surface area contributed by atoms with Crippen LogP contribution in [0.15, 0.2) is 62.6 Å². The number of aromatic nitrogens is 2. The lowest BCUT2D eigenvalue weighted by atomic mass is 10.2. The maximum atomic E-state index is 13.2. The van der Waals surface area contributed by atoms with Crippen LogP contribution in [0.3, 0.4) is 0 Å². The van der Waals surface area contributed by atoms with Gasteiger partial charge in [0.25, 0.3) is 0 Å². The highest BCUT2D eigenvalue weighted by atomic mass is 19.1. The number of aryl methyl sites for hydroxylation is 1. The Labute approximate surface area is 153 Å². The first-order valence-corrected chi connectivity index (χ1v) is 8.31. The topological polar surface area (TPSA) is 77.5 Å². The molecule has 140 valence electrons. The Morgan fingerprint density at radius 2 is 1.70 bits per heavy atom. The molecule has 27 heavy (non-hydrogen) atoms. The second-order valence-electron chi connectivity index (χ2n) is 6.28. The van der Waals surface area contributed by atoms with E-state index < -0.39 is 23.3 Å². The number of hydrogen-bond donors (Lipinski definition) is 0. The molecule has 0 spiro atoms. The average Bonchev–Trinajstić information content (AvgIpc) is 2.91. The van der Waals surface area contributed by atoms with E-state index in [0.29, 0.717) is 21.7 Å². The highest BCUT2D eigenvalue weighted by Crippen LogP contribution is 2.19. The molecule has 2 aromatic carbocycles. The predicted octanol–water partition coefficient (Wildman–Crippen LogP) is 2.92. The summed E-state index contributed by atoms with van der Waals surface area (Å²) >= 11 is 0. The normalized spacial score (nSPS) is 11.0. The van der Waals surface area contributed by atoms with Crippen LogP contribution in [0.25, 0.3) is 5.69 Å². The summed E-state index contributed by atoms with van der Waals surface area (Å²) in [6, 6.07) is 10.8. The fraction of sp³-hybridized carbons (Fsp3) is 0.211. The van der Waals surface area contributed by atoms with Crippen molar-refractivity contribution in [1.29, 1.82) is 0 Å². The van der Waals surface area contributed by atoms with Gasteiger partial charge in [-0.3, -0.25) is 4.90 Å². The van der Waals surface area contributed by atoms with Crippen molar-refractivity contribution in [2.24, 2.45) is 0 Å². The number of halogens is 1. The molecule has 0 N–H and O–H groups in total. The second-order valence-corrected chi connectivity index (χ2v) is 6.28. The van der Waals surface area contributed by atoms with Gasteiger partial charge < -0.3 is 4.52 Å². The average molecular weight is 371 g/mol. The van der Waals surface area contributed by atoms with E-state index >= 15 is 0 Å². The van der Waals surface area contributed by atoms with Gasteiger partial charge in [0.2, 0.25) is 0 Å². The summed E-state index contributed by atoms with van der Waals surface area (Å²) in [4.78, 5) is 39.1. The Morgan fingerprint density at radius 1 is 1.07 bits per heavy atom. The van der Waals surface area contributed by atoms with E-state index in [1.807, 2.05) is 0 Å². The van der Waals surface area contributed by atoms with Gasteiger partial charge in [0, 0.05) is 11.7 Å². The number of rotatable bonds is 3. The van der Waals surface area contributed by atoms with E-state index in [4.69, 9.17) is 4.52 Å². The van der Waals surface area contributed by atoms with Gasteiger partial charge in [-0.15, -0.1) is 0 Å². The van der Waals surface area contributed by atoms with Gasteiger partial charge >= 0.3 is 17.5 Å². The van der Waals surface area contributed by atoms with E-state index in [2.05, 4.69) is 0 Å². The van der Waals surface area contributed by atoms with Crippen molar-refractivity contribution < 1.29 is 13.7 Å². The maximum absolute atomic E-state index is 13.2. The van der Waals surface area contributed by atoms with Crippen LogP contribution in [0.2, 0.25) is 0 Å². The zero-order valence-electron chi connectivity index (χ0n) is 15.0. The molecule has 7 nitrogen and oxygen atoms in total. The number of para-hydroxylation sites is 1. The summed E-state index contributed by atoms with van der Waals surface area (Å²) in [5, 5.41) is 0. The highest BCUT2D eigenvalue weighted by molar-refractivity contribution is 5.93. The molecule has 0 saturated carbocycles. The van der Waals surface area contributed by atoms with Crippen molar-refractivity contribution >= 4 is 11.7 Å². The monoisotopic (exact) mass is 371 g/mol. The summed E-state index contributed by atoms with van der Waals surface area (Å²) < 4.78 is 19.4. The minimum absolute atomic E-state index is 0.334.